The van der Waals surface area contributed by atoms with E-state index in [1.165, 1.54) is 0 Å². The predicted molar refractivity (Wildman–Crippen MR) is 93.9 cm³/mol. The van der Waals surface area contributed by atoms with Gasteiger partial charge in [-0.05, 0) is 49.2 Å². The standard InChI is InChI=1S/C20H22O5/c1-14(2)12-24-20(22)16-6-10-18(11-7-16)25-19(21)13-23-17-8-4-15(3)5-9-17/h4-11,14H,12-13H2,1-3H3. The molecule has 0 amide bonds. The van der Waals surface area contributed by atoms with Gasteiger partial charge in [-0.2, -0.15) is 0 Å². The Kier molecular flexibility index (Phi) is 6.57. The second-order valence-electron chi connectivity index (χ2n) is 6.09. The van der Waals surface area contributed by atoms with Crippen molar-refractivity contribution >= 4 is 11.9 Å². The molecule has 2 rings (SSSR count). The van der Waals surface area contributed by atoms with E-state index in [1.54, 1.807) is 36.4 Å². The molecule has 5 nitrogen and oxygen atoms in total. The van der Waals surface area contributed by atoms with Crippen LogP contribution in [0.4, 0.5) is 0 Å². The molecule has 0 spiro atoms. The van der Waals surface area contributed by atoms with Crippen LogP contribution in [0, 0.1) is 12.8 Å². The van der Waals surface area contributed by atoms with Crippen LogP contribution in [0.3, 0.4) is 0 Å². The van der Waals surface area contributed by atoms with Crippen molar-refractivity contribution < 1.29 is 23.8 Å². The fraction of sp³-hybridized carbons (Fsp3) is 0.300. The summed E-state index contributed by atoms with van der Waals surface area (Å²) in [5, 5.41) is 0. The Morgan fingerprint density at radius 2 is 1.52 bits per heavy atom. The van der Waals surface area contributed by atoms with Gasteiger partial charge in [0.2, 0.25) is 0 Å². The molecule has 5 heteroatoms. The van der Waals surface area contributed by atoms with Gasteiger partial charge in [0.25, 0.3) is 0 Å². The van der Waals surface area contributed by atoms with Gasteiger partial charge in [-0.1, -0.05) is 31.5 Å². The van der Waals surface area contributed by atoms with Crippen LogP contribution in [-0.4, -0.2) is 25.2 Å². The van der Waals surface area contributed by atoms with E-state index in [-0.39, 0.29) is 12.5 Å². The highest BCUT2D eigenvalue weighted by Crippen LogP contribution is 2.15. The quantitative estimate of drug-likeness (QED) is 0.566. The van der Waals surface area contributed by atoms with Crippen LogP contribution in [0.2, 0.25) is 0 Å². The van der Waals surface area contributed by atoms with Crippen molar-refractivity contribution in [2.75, 3.05) is 13.2 Å². The number of esters is 2. The molecule has 2 aromatic rings. The molecule has 0 saturated heterocycles. The Balaban J connectivity index is 1.82. The number of carbonyl (C=O) groups excluding carboxylic acids is 2. The molecule has 0 N–H and O–H groups in total. The molecular formula is C20H22O5. The second-order valence-corrected chi connectivity index (χ2v) is 6.09. The Hall–Kier alpha value is -2.82. The van der Waals surface area contributed by atoms with Crippen LogP contribution in [0.15, 0.2) is 48.5 Å². The van der Waals surface area contributed by atoms with Crippen LogP contribution in [-0.2, 0) is 9.53 Å². The Bertz CT molecular complexity index is 702. The minimum atomic E-state index is -0.518. The molecule has 0 unspecified atom stereocenters. The fourth-order valence-corrected chi connectivity index (χ4v) is 1.92. The molecular weight excluding hydrogens is 320 g/mol. The van der Waals surface area contributed by atoms with E-state index >= 15 is 0 Å². The molecule has 0 aliphatic carbocycles. The van der Waals surface area contributed by atoms with Gasteiger partial charge in [0, 0.05) is 0 Å². The van der Waals surface area contributed by atoms with Gasteiger partial charge >= 0.3 is 11.9 Å². The molecule has 0 aliphatic rings. The van der Waals surface area contributed by atoms with Crippen molar-refractivity contribution in [2.45, 2.75) is 20.8 Å². The maximum absolute atomic E-state index is 11.8. The van der Waals surface area contributed by atoms with E-state index in [0.717, 1.165) is 5.56 Å². The smallest absolute Gasteiger partial charge is 0.349 e. The minimum absolute atomic E-state index is 0.193. The second kappa shape index (κ2) is 8.87. The van der Waals surface area contributed by atoms with Gasteiger partial charge in [-0.3, -0.25) is 0 Å². The molecule has 0 heterocycles. The molecule has 132 valence electrons. The molecule has 0 radical (unpaired) electrons. The molecule has 0 aliphatic heterocycles. The number of rotatable bonds is 7. The third-order valence-corrected chi connectivity index (χ3v) is 3.25. The summed E-state index contributed by atoms with van der Waals surface area (Å²) in [6, 6.07) is 13.6. The molecule has 0 bridgehead atoms. The first-order valence-corrected chi connectivity index (χ1v) is 8.11. The molecule has 2 aromatic carbocycles. The largest absolute Gasteiger partial charge is 0.482 e. The summed E-state index contributed by atoms with van der Waals surface area (Å²) in [5.74, 6) is 0.311. The maximum Gasteiger partial charge on any atom is 0.349 e. The van der Waals surface area contributed by atoms with Gasteiger partial charge in [0.1, 0.15) is 11.5 Å². The fourth-order valence-electron chi connectivity index (χ4n) is 1.92. The Morgan fingerprint density at radius 1 is 0.920 bits per heavy atom. The molecule has 0 aromatic heterocycles. The third kappa shape index (κ3) is 6.30. The third-order valence-electron chi connectivity index (χ3n) is 3.25. The van der Waals surface area contributed by atoms with Crippen molar-refractivity contribution in [3.05, 3.63) is 59.7 Å². The zero-order chi connectivity index (χ0) is 18.2. The first-order valence-electron chi connectivity index (χ1n) is 8.11. The highest BCUT2D eigenvalue weighted by atomic mass is 16.6. The van der Waals surface area contributed by atoms with Gasteiger partial charge in [0.15, 0.2) is 6.61 Å². The van der Waals surface area contributed by atoms with Crippen molar-refractivity contribution in [2.24, 2.45) is 5.92 Å². The average Bonchev–Trinajstić information content (AvgIpc) is 2.60. The zero-order valence-electron chi connectivity index (χ0n) is 14.7. The van der Waals surface area contributed by atoms with E-state index in [1.807, 2.05) is 32.9 Å². The van der Waals surface area contributed by atoms with Gasteiger partial charge < -0.3 is 14.2 Å². The first-order chi connectivity index (χ1) is 11.9. The summed E-state index contributed by atoms with van der Waals surface area (Å²) in [5.41, 5.74) is 1.53. The monoisotopic (exact) mass is 342 g/mol. The highest BCUT2D eigenvalue weighted by Gasteiger charge is 2.10. The van der Waals surface area contributed by atoms with E-state index in [0.29, 0.717) is 23.7 Å². The lowest BCUT2D eigenvalue weighted by Gasteiger charge is -2.09. The SMILES string of the molecule is Cc1ccc(OCC(=O)Oc2ccc(C(=O)OCC(C)C)cc2)cc1. The van der Waals surface area contributed by atoms with Crippen LogP contribution in [0.25, 0.3) is 0 Å². The molecule has 0 saturated carbocycles. The van der Waals surface area contributed by atoms with Gasteiger partial charge in [-0.15, -0.1) is 0 Å². The van der Waals surface area contributed by atoms with E-state index in [4.69, 9.17) is 14.2 Å². The lowest BCUT2D eigenvalue weighted by Crippen LogP contribution is -2.17. The van der Waals surface area contributed by atoms with Crippen molar-refractivity contribution in [3.63, 3.8) is 0 Å². The van der Waals surface area contributed by atoms with Crippen molar-refractivity contribution in [3.8, 4) is 11.5 Å². The van der Waals surface area contributed by atoms with Crippen LogP contribution < -0.4 is 9.47 Å². The summed E-state index contributed by atoms with van der Waals surface area (Å²) >= 11 is 0. The average molecular weight is 342 g/mol. The number of ether oxygens (including phenoxy) is 3. The predicted octanol–water partition coefficient (Wildman–Crippen LogP) is 3.79. The Labute approximate surface area is 147 Å². The lowest BCUT2D eigenvalue weighted by atomic mass is 10.2. The van der Waals surface area contributed by atoms with Crippen LogP contribution in [0.5, 0.6) is 11.5 Å². The van der Waals surface area contributed by atoms with Crippen LogP contribution in [0.1, 0.15) is 29.8 Å². The number of benzene rings is 2. The summed E-state index contributed by atoms with van der Waals surface area (Å²) in [6.45, 7) is 6.08. The molecule has 25 heavy (non-hydrogen) atoms. The highest BCUT2D eigenvalue weighted by molar-refractivity contribution is 5.89. The summed E-state index contributed by atoms with van der Waals surface area (Å²) in [7, 11) is 0. The van der Waals surface area contributed by atoms with Crippen molar-refractivity contribution in [1.82, 2.24) is 0 Å². The van der Waals surface area contributed by atoms with E-state index in [9.17, 15) is 9.59 Å². The number of hydrogen-bond donors (Lipinski definition) is 0. The molecule has 0 fully saturated rings. The lowest BCUT2D eigenvalue weighted by molar-refractivity contribution is -0.136. The van der Waals surface area contributed by atoms with Crippen molar-refractivity contribution in [1.29, 1.82) is 0 Å². The zero-order valence-corrected chi connectivity index (χ0v) is 14.7. The summed E-state index contributed by atoms with van der Waals surface area (Å²) in [4.78, 5) is 23.6. The van der Waals surface area contributed by atoms with Gasteiger partial charge in [0.05, 0.1) is 12.2 Å². The summed E-state index contributed by atoms with van der Waals surface area (Å²) < 4.78 is 15.7. The topological polar surface area (TPSA) is 61.8 Å². The minimum Gasteiger partial charge on any atom is -0.482 e. The number of carbonyl (C=O) groups is 2. The van der Waals surface area contributed by atoms with Crippen LogP contribution >= 0.6 is 0 Å². The maximum atomic E-state index is 11.8. The number of aryl methyl sites for hydroxylation is 1. The molecule has 0 atom stereocenters. The summed E-state index contributed by atoms with van der Waals surface area (Å²) in [6.07, 6.45) is 0. The van der Waals surface area contributed by atoms with Gasteiger partial charge in [-0.25, -0.2) is 9.59 Å². The normalized spacial score (nSPS) is 10.4. The van der Waals surface area contributed by atoms with E-state index in [2.05, 4.69) is 0 Å². The first kappa shape index (κ1) is 18.5. The van der Waals surface area contributed by atoms with E-state index < -0.39 is 11.9 Å². The Morgan fingerprint density at radius 3 is 2.12 bits per heavy atom. The number of hydrogen-bond acceptors (Lipinski definition) is 5.